The number of pyridine rings is 1. The molecule has 0 spiro atoms. The van der Waals surface area contributed by atoms with Crippen molar-refractivity contribution < 1.29 is 4.39 Å². The van der Waals surface area contributed by atoms with Crippen molar-refractivity contribution in [1.29, 1.82) is 0 Å². The Morgan fingerprint density at radius 3 is 2.41 bits per heavy atom. The van der Waals surface area contributed by atoms with Gasteiger partial charge in [0.2, 0.25) is 0 Å². The Morgan fingerprint density at radius 2 is 1.68 bits per heavy atom. The number of hydrogen-bond donors (Lipinski definition) is 2. The average Bonchev–Trinajstić information content (AvgIpc) is 2.83. The van der Waals surface area contributed by atoms with Crippen molar-refractivity contribution in [2.45, 2.75) is 40.3 Å². The molecule has 34 heavy (non-hydrogen) atoms. The minimum atomic E-state index is -0.287. The Balaban J connectivity index is 1.70. The van der Waals surface area contributed by atoms with Crippen LogP contribution in [-0.4, -0.2) is 15.0 Å². The van der Waals surface area contributed by atoms with Gasteiger partial charge in [-0.25, -0.2) is 4.39 Å². The molecule has 0 aliphatic carbocycles. The van der Waals surface area contributed by atoms with E-state index in [1.807, 2.05) is 49.1 Å². The Labute approximate surface area is 204 Å². The van der Waals surface area contributed by atoms with Crippen LogP contribution >= 0.6 is 12.2 Å². The molecule has 3 aromatic carbocycles. The van der Waals surface area contributed by atoms with Gasteiger partial charge < -0.3 is 15.2 Å². The average molecular weight is 474 g/mol. The van der Waals surface area contributed by atoms with Crippen LogP contribution in [0, 0.1) is 19.7 Å². The third-order valence-corrected chi connectivity index (χ3v) is 6.46. The van der Waals surface area contributed by atoms with Gasteiger partial charge in [0.1, 0.15) is 5.82 Å². The van der Waals surface area contributed by atoms with E-state index in [4.69, 9.17) is 12.2 Å². The molecule has 0 radical (unpaired) electrons. The van der Waals surface area contributed by atoms with Crippen molar-refractivity contribution >= 4 is 33.9 Å². The maximum atomic E-state index is 13.5. The van der Waals surface area contributed by atoms with Crippen molar-refractivity contribution in [2.75, 3.05) is 5.32 Å². The summed E-state index contributed by atoms with van der Waals surface area (Å²) in [4.78, 5) is 18.0. The van der Waals surface area contributed by atoms with E-state index in [0.29, 0.717) is 23.8 Å². The molecule has 0 bridgehead atoms. The van der Waals surface area contributed by atoms with Crippen LogP contribution in [0.4, 0.5) is 10.1 Å². The number of benzene rings is 3. The zero-order valence-corrected chi connectivity index (χ0v) is 20.4. The highest BCUT2D eigenvalue weighted by atomic mass is 32.1. The van der Waals surface area contributed by atoms with Crippen molar-refractivity contribution in [1.82, 2.24) is 9.88 Å². The molecular formula is C28H28FN3OS. The zero-order chi connectivity index (χ0) is 24.2. The zero-order valence-electron chi connectivity index (χ0n) is 19.6. The van der Waals surface area contributed by atoms with Gasteiger partial charge in [0, 0.05) is 23.2 Å². The van der Waals surface area contributed by atoms with Crippen molar-refractivity contribution in [3.05, 3.63) is 111 Å². The fourth-order valence-electron chi connectivity index (χ4n) is 4.10. The second-order valence-electron chi connectivity index (χ2n) is 8.54. The molecule has 174 valence electrons. The standard InChI is InChI=1S/C28H28FN3OS/c1-4-21-7-5-6-8-25(21)30-28(34)32(16-20-11-13-23(29)14-12-20)17-22-15-24-18(2)9-10-19(3)26(24)31-27(22)33/h5-15H,4,16-17H2,1-3H3,(H,30,34)(H,31,33). The van der Waals surface area contributed by atoms with Gasteiger partial charge in [-0.3, -0.25) is 4.79 Å². The van der Waals surface area contributed by atoms with E-state index in [2.05, 4.69) is 29.4 Å². The van der Waals surface area contributed by atoms with Gasteiger partial charge >= 0.3 is 0 Å². The van der Waals surface area contributed by atoms with E-state index in [1.165, 1.54) is 12.1 Å². The van der Waals surface area contributed by atoms with E-state index < -0.39 is 0 Å². The first kappa shape index (κ1) is 23.6. The molecule has 0 aliphatic rings. The number of nitrogens with zero attached hydrogens (tertiary/aromatic N) is 1. The minimum Gasteiger partial charge on any atom is -0.340 e. The lowest BCUT2D eigenvalue weighted by Gasteiger charge is -2.27. The second kappa shape index (κ2) is 10.2. The largest absolute Gasteiger partial charge is 0.340 e. The summed E-state index contributed by atoms with van der Waals surface area (Å²) in [5, 5.41) is 4.89. The van der Waals surface area contributed by atoms with E-state index >= 15 is 0 Å². The summed E-state index contributed by atoms with van der Waals surface area (Å²) in [5.74, 6) is -0.287. The molecule has 1 aromatic heterocycles. The SMILES string of the molecule is CCc1ccccc1NC(=S)N(Cc1ccc(F)cc1)Cc1cc2c(C)ccc(C)c2[nH]c1=O. The topological polar surface area (TPSA) is 48.1 Å². The number of anilines is 1. The van der Waals surface area contributed by atoms with Crippen LogP contribution < -0.4 is 10.9 Å². The number of thiocarbonyl (C=S) groups is 1. The number of para-hydroxylation sites is 1. The monoisotopic (exact) mass is 473 g/mol. The lowest BCUT2D eigenvalue weighted by atomic mass is 10.0. The third-order valence-electron chi connectivity index (χ3n) is 6.10. The van der Waals surface area contributed by atoms with Gasteiger partial charge in [0.25, 0.3) is 5.56 Å². The number of halogens is 1. The summed E-state index contributed by atoms with van der Waals surface area (Å²) in [5.41, 5.74) is 6.47. The summed E-state index contributed by atoms with van der Waals surface area (Å²) < 4.78 is 13.5. The molecule has 4 rings (SSSR count). The molecule has 4 aromatic rings. The molecule has 0 fully saturated rings. The number of H-pyrrole nitrogens is 1. The number of fused-ring (bicyclic) bond motifs is 1. The number of aromatic amines is 1. The van der Waals surface area contributed by atoms with Crippen LogP contribution in [0.3, 0.4) is 0 Å². The molecule has 0 aliphatic heterocycles. The van der Waals surface area contributed by atoms with E-state index in [-0.39, 0.29) is 11.4 Å². The molecule has 0 saturated carbocycles. The van der Waals surface area contributed by atoms with Gasteiger partial charge in [0.15, 0.2) is 5.11 Å². The van der Waals surface area contributed by atoms with Gasteiger partial charge in [0.05, 0.1) is 12.1 Å². The van der Waals surface area contributed by atoms with Gasteiger partial charge in [-0.2, -0.15) is 0 Å². The Kier molecular flexibility index (Phi) is 7.08. The van der Waals surface area contributed by atoms with Crippen LogP contribution in [0.2, 0.25) is 0 Å². The lowest BCUT2D eigenvalue weighted by Crippen LogP contribution is -2.35. The molecule has 2 N–H and O–H groups in total. The molecule has 0 unspecified atom stereocenters. The fraction of sp³-hybridized carbons (Fsp3) is 0.214. The summed E-state index contributed by atoms with van der Waals surface area (Å²) in [6.45, 7) is 6.87. The fourth-order valence-corrected chi connectivity index (χ4v) is 4.33. The van der Waals surface area contributed by atoms with E-state index in [0.717, 1.165) is 45.3 Å². The molecule has 4 nitrogen and oxygen atoms in total. The smallest absolute Gasteiger partial charge is 0.253 e. The van der Waals surface area contributed by atoms with Crippen molar-refractivity contribution in [3.8, 4) is 0 Å². The number of rotatable bonds is 6. The number of aromatic nitrogens is 1. The van der Waals surface area contributed by atoms with Gasteiger partial charge in [-0.1, -0.05) is 49.4 Å². The quantitative estimate of drug-likeness (QED) is 0.325. The van der Waals surface area contributed by atoms with Crippen molar-refractivity contribution in [2.24, 2.45) is 0 Å². The van der Waals surface area contributed by atoms with Gasteiger partial charge in [-0.05, 0) is 79.0 Å². The Bertz CT molecular complexity index is 1400. The highest BCUT2D eigenvalue weighted by Gasteiger charge is 2.16. The van der Waals surface area contributed by atoms with Crippen LogP contribution in [0.1, 0.15) is 34.7 Å². The van der Waals surface area contributed by atoms with Crippen LogP contribution in [-0.2, 0) is 19.5 Å². The van der Waals surface area contributed by atoms with E-state index in [9.17, 15) is 9.18 Å². The molecule has 1 heterocycles. The first-order valence-electron chi connectivity index (χ1n) is 11.4. The normalized spacial score (nSPS) is 10.9. The highest BCUT2D eigenvalue weighted by molar-refractivity contribution is 7.80. The predicted molar refractivity (Wildman–Crippen MR) is 142 cm³/mol. The molecule has 0 atom stereocenters. The molecule has 0 amide bonds. The maximum absolute atomic E-state index is 13.5. The summed E-state index contributed by atoms with van der Waals surface area (Å²) in [7, 11) is 0. The van der Waals surface area contributed by atoms with Crippen LogP contribution in [0.15, 0.2) is 71.5 Å². The number of aryl methyl sites for hydroxylation is 3. The maximum Gasteiger partial charge on any atom is 0.253 e. The van der Waals surface area contributed by atoms with Crippen LogP contribution in [0.5, 0.6) is 0 Å². The molecule has 6 heteroatoms. The minimum absolute atomic E-state index is 0.137. The summed E-state index contributed by atoms with van der Waals surface area (Å²) in [6.07, 6.45) is 0.868. The number of hydrogen-bond acceptors (Lipinski definition) is 2. The molecular weight excluding hydrogens is 445 g/mol. The van der Waals surface area contributed by atoms with E-state index in [1.54, 1.807) is 12.1 Å². The first-order chi connectivity index (χ1) is 16.4. The summed E-state index contributed by atoms with van der Waals surface area (Å²) >= 11 is 5.80. The Hall–Kier alpha value is -3.51. The van der Waals surface area contributed by atoms with Crippen molar-refractivity contribution in [3.63, 3.8) is 0 Å². The van der Waals surface area contributed by atoms with Gasteiger partial charge in [-0.15, -0.1) is 0 Å². The third kappa shape index (κ3) is 5.18. The van der Waals surface area contributed by atoms with Crippen LogP contribution in [0.25, 0.3) is 10.9 Å². The Morgan fingerprint density at radius 1 is 0.971 bits per heavy atom. The number of nitrogens with one attached hydrogen (secondary N) is 2. The highest BCUT2D eigenvalue weighted by Crippen LogP contribution is 2.22. The first-order valence-corrected chi connectivity index (χ1v) is 11.8. The summed E-state index contributed by atoms with van der Waals surface area (Å²) in [6, 6.07) is 20.4. The lowest BCUT2D eigenvalue weighted by molar-refractivity contribution is 0.411. The second-order valence-corrected chi connectivity index (χ2v) is 8.92. The predicted octanol–water partition coefficient (Wildman–Crippen LogP) is 6.25. The molecule has 0 saturated heterocycles.